The summed E-state index contributed by atoms with van der Waals surface area (Å²) in [5.74, 6) is -0.247. The number of anilines is 1. The largest absolute Gasteiger partial charge is 0.329 e. The number of carbonyl (C=O) groups excluding carboxylic acids is 2. The molecule has 1 aromatic rings. The van der Waals surface area contributed by atoms with Gasteiger partial charge in [0.1, 0.15) is 0 Å². The van der Waals surface area contributed by atoms with Gasteiger partial charge in [-0.25, -0.2) is 4.79 Å². The van der Waals surface area contributed by atoms with Gasteiger partial charge in [0, 0.05) is 23.8 Å². The van der Waals surface area contributed by atoms with E-state index >= 15 is 0 Å². The Morgan fingerprint density at radius 2 is 1.59 bits per heavy atom. The summed E-state index contributed by atoms with van der Waals surface area (Å²) in [6.07, 6.45) is 5.65. The SMILES string of the molecule is O=C(CNC(=O)N1CCCCCCC1)Nc1ccc(Cl)cc1. The predicted octanol–water partition coefficient (Wildman–Crippen LogP) is 3.25. The third-order valence-corrected chi connectivity index (χ3v) is 3.92. The maximum atomic E-state index is 12.1. The van der Waals surface area contributed by atoms with Gasteiger partial charge in [0.05, 0.1) is 6.54 Å². The van der Waals surface area contributed by atoms with Crippen LogP contribution >= 0.6 is 11.6 Å². The van der Waals surface area contributed by atoms with Gasteiger partial charge in [0.2, 0.25) is 5.91 Å². The van der Waals surface area contributed by atoms with Crippen molar-refractivity contribution in [3.63, 3.8) is 0 Å². The van der Waals surface area contributed by atoms with E-state index in [1.54, 1.807) is 29.2 Å². The van der Waals surface area contributed by atoms with E-state index in [0.717, 1.165) is 25.9 Å². The van der Waals surface area contributed by atoms with Crippen LogP contribution in [0.1, 0.15) is 32.1 Å². The van der Waals surface area contributed by atoms with Crippen molar-refractivity contribution < 1.29 is 9.59 Å². The van der Waals surface area contributed by atoms with Crippen molar-refractivity contribution in [3.8, 4) is 0 Å². The molecule has 1 heterocycles. The van der Waals surface area contributed by atoms with E-state index in [4.69, 9.17) is 11.6 Å². The number of amides is 3. The highest BCUT2D eigenvalue weighted by molar-refractivity contribution is 6.30. The fraction of sp³-hybridized carbons (Fsp3) is 0.500. The van der Waals surface area contributed by atoms with E-state index in [0.29, 0.717) is 10.7 Å². The lowest BCUT2D eigenvalue weighted by atomic mass is 10.1. The van der Waals surface area contributed by atoms with Crippen molar-refractivity contribution in [2.75, 3.05) is 25.0 Å². The fourth-order valence-corrected chi connectivity index (χ4v) is 2.58. The molecule has 120 valence electrons. The molecule has 1 saturated heterocycles. The zero-order valence-corrected chi connectivity index (χ0v) is 13.4. The molecule has 6 heteroatoms. The lowest BCUT2D eigenvalue weighted by Crippen LogP contribution is -2.44. The quantitative estimate of drug-likeness (QED) is 0.897. The lowest BCUT2D eigenvalue weighted by molar-refractivity contribution is -0.115. The molecule has 3 amide bonds. The summed E-state index contributed by atoms with van der Waals surface area (Å²) in [6, 6.07) is 6.69. The third-order valence-electron chi connectivity index (χ3n) is 3.67. The molecule has 0 aromatic heterocycles. The number of halogens is 1. The van der Waals surface area contributed by atoms with Crippen LogP contribution in [-0.4, -0.2) is 36.5 Å². The molecule has 1 fully saturated rings. The van der Waals surface area contributed by atoms with Gasteiger partial charge in [0.25, 0.3) is 0 Å². The second-order valence-electron chi connectivity index (χ2n) is 5.47. The first-order valence-electron chi connectivity index (χ1n) is 7.73. The summed E-state index contributed by atoms with van der Waals surface area (Å²) in [5, 5.41) is 6.01. The molecule has 0 spiro atoms. The Hall–Kier alpha value is -1.75. The van der Waals surface area contributed by atoms with E-state index in [1.165, 1.54) is 19.3 Å². The maximum Gasteiger partial charge on any atom is 0.317 e. The maximum absolute atomic E-state index is 12.1. The van der Waals surface area contributed by atoms with Crippen molar-refractivity contribution in [1.29, 1.82) is 0 Å². The molecule has 0 unspecified atom stereocenters. The minimum absolute atomic E-state index is 0.0298. The summed E-state index contributed by atoms with van der Waals surface area (Å²) in [6.45, 7) is 1.51. The van der Waals surface area contributed by atoms with Gasteiger partial charge < -0.3 is 15.5 Å². The van der Waals surface area contributed by atoms with Gasteiger partial charge in [-0.15, -0.1) is 0 Å². The molecule has 0 radical (unpaired) electrons. The van der Waals surface area contributed by atoms with Crippen LogP contribution in [0.4, 0.5) is 10.5 Å². The van der Waals surface area contributed by atoms with Crippen LogP contribution in [0.3, 0.4) is 0 Å². The highest BCUT2D eigenvalue weighted by atomic mass is 35.5. The molecule has 0 saturated carbocycles. The summed E-state index contributed by atoms with van der Waals surface area (Å²) >= 11 is 5.79. The Morgan fingerprint density at radius 3 is 2.23 bits per heavy atom. The lowest BCUT2D eigenvalue weighted by Gasteiger charge is -2.24. The predicted molar refractivity (Wildman–Crippen MR) is 88.1 cm³/mol. The number of rotatable bonds is 3. The van der Waals surface area contributed by atoms with Crippen molar-refractivity contribution >= 4 is 29.2 Å². The number of hydrogen-bond donors (Lipinski definition) is 2. The van der Waals surface area contributed by atoms with Crippen LogP contribution in [0.15, 0.2) is 24.3 Å². The summed E-state index contributed by atoms with van der Waals surface area (Å²) in [5.41, 5.74) is 0.662. The number of nitrogens with zero attached hydrogens (tertiary/aromatic N) is 1. The zero-order valence-electron chi connectivity index (χ0n) is 12.6. The number of benzene rings is 1. The topological polar surface area (TPSA) is 61.4 Å². The first-order valence-corrected chi connectivity index (χ1v) is 8.11. The van der Waals surface area contributed by atoms with Crippen LogP contribution in [0.2, 0.25) is 5.02 Å². The normalized spacial score (nSPS) is 15.6. The van der Waals surface area contributed by atoms with Gasteiger partial charge in [-0.3, -0.25) is 4.79 Å². The molecular formula is C16H22ClN3O2. The summed E-state index contributed by atoms with van der Waals surface area (Å²) in [4.78, 5) is 25.7. The van der Waals surface area contributed by atoms with E-state index in [9.17, 15) is 9.59 Å². The molecule has 1 aromatic carbocycles. The van der Waals surface area contributed by atoms with Gasteiger partial charge in [-0.05, 0) is 37.1 Å². The molecule has 0 bridgehead atoms. The number of carbonyl (C=O) groups is 2. The Bertz CT molecular complexity index is 497. The Balaban J connectivity index is 1.74. The highest BCUT2D eigenvalue weighted by Gasteiger charge is 2.15. The second kappa shape index (κ2) is 8.63. The Labute approximate surface area is 136 Å². The minimum atomic E-state index is -0.247. The smallest absolute Gasteiger partial charge is 0.317 e. The number of nitrogens with one attached hydrogen (secondary N) is 2. The molecule has 0 aliphatic carbocycles. The molecule has 0 atom stereocenters. The monoisotopic (exact) mass is 323 g/mol. The third kappa shape index (κ3) is 5.56. The molecule has 22 heavy (non-hydrogen) atoms. The van der Waals surface area contributed by atoms with E-state index in [-0.39, 0.29) is 18.5 Å². The first kappa shape index (κ1) is 16.6. The van der Waals surface area contributed by atoms with E-state index < -0.39 is 0 Å². The fourth-order valence-electron chi connectivity index (χ4n) is 2.46. The van der Waals surface area contributed by atoms with Gasteiger partial charge >= 0.3 is 6.03 Å². The average Bonchev–Trinajstić information content (AvgIpc) is 2.47. The molecule has 2 rings (SSSR count). The van der Waals surface area contributed by atoms with Gasteiger partial charge in [-0.1, -0.05) is 30.9 Å². The van der Waals surface area contributed by atoms with Crippen LogP contribution < -0.4 is 10.6 Å². The minimum Gasteiger partial charge on any atom is -0.329 e. The second-order valence-corrected chi connectivity index (χ2v) is 5.91. The number of hydrogen-bond acceptors (Lipinski definition) is 2. The van der Waals surface area contributed by atoms with Crippen LogP contribution in [0, 0.1) is 0 Å². The van der Waals surface area contributed by atoms with Crippen LogP contribution in [0.25, 0.3) is 0 Å². The molecule has 1 aliphatic heterocycles. The van der Waals surface area contributed by atoms with E-state index in [2.05, 4.69) is 10.6 Å². The van der Waals surface area contributed by atoms with Gasteiger partial charge in [0.15, 0.2) is 0 Å². The van der Waals surface area contributed by atoms with Crippen LogP contribution in [-0.2, 0) is 4.79 Å². The molecular weight excluding hydrogens is 302 g/mol. The summed E-state index contributed by atoms with van der Waals surface area (Å²) in [7, 11) is 0. The van der Waals surface area contributed by atoms with Gasteiger partial charge in [-0.2, -0.15) is 0 Å². The molecule has 5 nitrogen and oxygen atoms in total. The van der Waals surface area contributed by atoms with Crippen molar-refractivity contribution in [2.24, 2.45) is 0 Å². The number of urea groups is 1. The Morgan fingerprint density at radius 1 is 1.00 bits per heavy atom. The highest BCUT2D eigenvalue weighted by Crippen LogP contribution is 2.13. The summed E-state index contributed by atoms with van der Waals surface area (Å²) < 4.78 is 0. The van der Waals surface area contributed by atoms with Crippen molar-refractivity contribution in [1.82, 2.24) is 10.2 Å². The average molecular weight is 324 g/mol. The molecule has 2 N–H and O–H groups in total. The first-order chi connectivity index (χ1) is 10.6. The number of likely N-dealkylation sites (tertiary alicyclic amines) is 1. The zero-order chi connectivity index (χ0) is 15.8. The Kier molecular flexibility index (Phi) is 6.52. The standard InChI is InChI=1S/C16H22ClN3O2/c17-13-6-8-14(9-7-13)19-15(21)12-18-16(22)20-10-4-2-1-3-5-11-20/h6-9H,1-5,10-12H2,(H,18,22)(H,19,21). The van der Waals surface area contributed by atoms with Crippen molar-refractivity contribution in [3.05, 3.63) is 29.3 Å². The molecule has 1 aliphatic rings. The van der Waals surface area contributed by atoms with Crippen LogP contribution in [0.5, 0.6) is 0 Å². The van der Waals surface area contributed by atoms with E-state index in [1.807, 2.05) is 0 Å². The van der Waals surface area contributed by atoms with Crippen molar-refractivity contribution in [2.45, 2.75) is 32.1 Å².